The van der Waals surface area contributed by atoms with Crippen molar-refractivity contribution in [3.05, 3.63) is 23.9 Å². The Bertz CT molecular complexity index is 173. The van der Waals surface area contributed by atoms with E-state index in [2.05, 4.69) is 4.98 Å². The number of nitrogens with zero attached hydrogens (tertiary/aromatic N) is 1. The molecule has 1 aromatic heterocycles. The van der Waals surface area contributed by atoms with E-state index < -0.39 is 0 Å². The lowest BCUT2D eigenvalue weighted by molar-refractivity contribution is 0.281. The SMILES string of the molecule is CC.COc1ccc(CO)cn1. The Kier molecular flexibility index (Phi) is 6.01. The number of aliphatic hydroxyl groups excluding tert-OH is 1. The summed E-state index contributed by atoms with van der Waals surface area (Å²) in [7, 11) is 1.56. The zero-order valence-corrected chi connectivity index (χ0v) is 7.74. The highest BCUT2D eigenvalue weighted by Crippen LogP contribution is 2.05. The minimum absolute atomic E-state index is 0.0248. The van der Waals surface area contributed by atoms with Crippen LogP contribution in [0.4, 0.5) is 0 Å². The summed E-state index contributed by atoms with van der Waals surface area (Å²) in [6.45, 7) is 4.02. The van der Waals surface area contributed by atoms with E-state index in [1.165, 1.54) is 0 Å². The molecule has 3 heteroatoms. The highest BCUT2D eigenvalue weighted by molar-refractivity contribution is 5.16. The number of aliphatic hydroxyl groups is 1. The summed E-state index contributed by atoms with van der Waals surface area (Å²) in [4.78, 5) is 3.89. The molecule has 3 nitrogen and oxygen atoms in total. The van der Waals surface area contributed by atoms with Crippen molar-refractivity contribution in [1.29, 1.82) is 0 Å². The van der Waals surface area contributed by atoms with E-state index in [-0.39, 0.29) is 6.61 Å². The van der Waals surface area contributed by atoms with Gasteiger partial charge in [0.25, 0.3) is 0 Å². The Balaban J connectivity index is 0.000000561. The molecule has 1 N–H and O–H groups in total. The minimum atomic E-state index is 0.0248. The summed E-state index contributed by atoms with van der Waals surface area (Å²) >= 11 is 0. The summed E-state index contributed by atoms with van der Waals surface area (Å²) in [5.41, 5.74) is 0.792. The molecule has 0 unspecified atom stereocenters. The molecule has 0 saturated heterocycles. The quantitative estimate of drug-likeness (QED) is 0.731. The molecule has 0 aliphatic heterocycles. The maximum absolute atomic E-state index is 8.62. The van der Waals surface area contributed by atoms with Crippen LogP contribution in [0.5, 0.6) is 5.88 Å². The maximum Gasteiger partial charge on any atom is 0.212 e. The van der Waals surface area contributed by atoms with Crippen LogP contribution in [0.25, 0.3) is 0 Å². The van der Waals surface area contributed by atoms with Crippen LogP contribution >= 0.6 is 0 Å². The van der Waals surface area contributed by atoms with Gasteiger partial charge in [0.15, 0.2) is 0 Å². The average Bonchev–Trinajstić information content (AvgIpc) is 2.21. The zero-order valence-electron chi connectivity index (χ0n) is 7.74. The minimum Gasteiger partial charge on any atom is -0.481 e. The van der Waals surface area contributed by atoms with Crippen LogP contribution in [0.1, 0.15) is 19.4 Å². The number of methoxy groups -OCH3 is 1. The van der Waals surface area contributed by atoms with E-state index in [0.29, 0.717) is 5.88 Å². The van der Waals surface area contributed by atoms with E-state index in [1.54, 1.807) is 25.4 Å². The molecule has 0 amide bonds. The molecule has 0 radical (unpaired) electrons. The Hall–Kier alpha value is -1.09. The summed E-state index contributed by atoms with van der Waals surface area (Å²) < 4.78 is 4.82. The van der Waals surface area contributed by atoms with E-state index in [4.69, 9.17) is 9.84 Å². The lowest BCUT2D eigenvalue weighted by Gasteiger charge is -1.97. The van der Waals surface area contributed by atoms with E-state index in [0.717, 1.165) is 5.56 Å². The molecular formula is C9H15NO2. The second-order valence-electron chi connectivity index (χ2n) is 1.87. The van der Waals surface area contributed by atoms with E-state index in [1.807, 2.05) is 13.8 Å². The molecule has 0 saturated carbocycles. The van der Waals surface area contributed by atoms with Gasteiger partial charge in [-0.2, -0.15) is 0 Å². The third-order valence-electron chi connectivity index (χ3n) is 1.19. The molecular weight excluding hydrogens is 154 g/mol. The lowest BCUT2D eigenvalue weighted by atomic mass is 10.3. The van der Waals surface area contributed by atoms with Crippen LogP contribution in [0.3, 0.4) is 0 Å². The fourth-order valence-corrected chi connectivity index (χ4v) is 0.625. The first kappa shape index (κ1) is 10.9. The standard InChI is InChI=1S/C7H9NO2.C2H6/c1-10-7-3-2-6(5-9)4-8-7;1-2/h2-4,9H,5H2,1H3;1-2H3. The van der Waals surface area contributed by atoms with Gasteiger partial charge in [0, 0.05) is 12.3 Å². The predicted octanol–water partition coefficient (Wildman–Crippen LogP) is 1.61. The molecule has 68 valence electrons. The van der Waals surface area contributed by atoms with Gasteiger partial charge in [-0.25, -0.2) is 4.98 Å². The molecule has 0 aliphatic carbocycles. The largest absolute Gasteiger partial charge is 0.481 e. The molecule has 0 aromatic carbocycles. The Labute approximate surface area is 73.0 Å². The van der Waals surface area contributed by atoms with Gasteiger partial charge in [0.05, 0.1) is 13.7 Å². The fourth-order valence-electron chi connectivity index (χ4n) is 0.625. The summed E-state index contributed by atoms with van der Waals surface area (Å²) in [5, 5.41) is 8.62. The Morgan fingerprint density at radius 2 is 2.08 bits per heavy atom. The van der Waals surface area contributed by atoms with Crippen molar-refractivity contribution in [3.8, 4) is 5.88 Å². The first-order chi connectivity index (χ1) is 5.86. The van der Waals surface area contributed by atoms with Crippen molar-refractivity contribution in [2.75, 3.05) is 7.11 Å². The van der Waals surface area contributed by atoms with Gasteiger partial charge < -0.3 is 9.84 Å². The maximum atomic E-state index is 8.62. The molecule has 12 heavy (non-hydrogen) atoms. The topological polar surface area (TPSA) is 42.4 Å². The van der Waals surface area contributed by atoms with Crippen molar-refractivity contribution in [2.45, 2.75) is 20.5 Å². The highest BCUT2D eigenvalue weighted by Gasteiger charge is 1.91. The van der Waals surface area contributed by atoms with Crippen LogP contribution in [0.15, 0.2) is 18.3 Å². The summed E-state index contributed by atoms with van der Waals surface area (Å²) in [6.07, 6.45) is 1.58. The second kappa shape index (κ2) is 6.61. The van der Waals surface area contributed by atoms with Crippen LogP contribution in [-0.4, -0.2) is 17.2 Å². The molecule has 0 spiro atoms. The number of hydrogen-bond donors (Lipinski definition) is 1. The van der Waals surface area contributed by atoms with Crippen molar-refractivity contribution in [3.63, 3.8) is 0 Å². The molecule has 0 aliphatic rings. The van der Waals surface area contributed by atoms with Crippen molar-refractivity contribution < 1.29 is 9.84 Å². The number of pyridine rings is 1. The lowest BCUT2D eigenvalue weighted by Crippen LogP contribution is -1.88. The Morgan fingerprint density at radius 1 is 1.42 bits per heavy atom. The molecule has 0 fully saturated rings. The van der Waals surface area contributed by atoms with Gasteiger partial charge in [0.2, 0.25) is 5.88 Å². The van der Waals surface area contributed by atoms with Crippen molar-refractivity contribution in [2.24, 2.45) is 0 Å². The van der Waals surface area contributed by atoms with Crippen molar-refractivity contribution in [1.82, 2.24) is 4.98 Å². The highest BCUT2D eigenvalue weighted by atomic mass is 16.5. The number of aromatic nitrogens is 1. The molecule has 0 bridgehead atoms. The van der Waals surface area contributed by atoms with Gasteiger partial charge in [-0.3, -0.25) is 0 Å². The molecule has 1 heterocycles. The second-order valence-corrected chi connectivity index (χ2v) is 1.87. The van der Waals surface area contributed by atoms with Crippen LogP contribution < -0.4 is 4.74 Å². The first-order valence-corrected chi connectivity index (χ1v) is 3.96. The molecule has 0 atom stereocenters. The number of hydrogen-bond acceptors (Lipinski definition) is 3. The van der Waals surface area contributed by atoms with Crippen LogP contribution in [0.2, 0.25) is 0 Å². The smallest absolute Gasteiger partial charge is 0.212 e. The normalized spacial score (nSPS) is 8.33. The van der Waals surface area contributed by atoms with Crippen LogP contribution in [0, 0.1) is 0 Å². The van der Waals surface area contributed by atoms with Crippen LogP contribution in [-0.2, 0) is 6.61 Å². The molecule has 1 aromatic rings. The first-order valence-electron chi connectivity index (χ1n) is 3.96. The van der Waals surface area contributed by atoms with Gasteiger partial charge in [-0.1, -0.05) is 13.8 Å². The number of ether oxygens (including phenoxy) is 1. The monoisotopic (exact) mass is 169 g/mol. The number of rotatable bonds is 2. The molecule has 1 rings (SSSR count). The predicted molar refractivity (Wildman–Crippen MR) is 48.1 cm³/mol. The Morgan fingerprint density at radius 3 is 2.42 bits per heavy atom. The third kappa shape index (κ3) is 3.34. The third-order valence-corrected chi connectivity index (χ3v) is 1.19. The average molecular weight is 169 g/mol. The van der Waals surface area contributed by atoms with E-state index >= 15 is 0 Å². The van der Waals surface area contributed by atoms with Gasteiger partial charge in [0.1, 0.15) is 0 Å². The fraction of sp³-hybridized carbons (Fsp3) is 0.444. The van der Waals surface area contributed by atoms with Gasteiger partial charge >= 0.3 is 0 Å². The van der Waals surface area contributed by atoms with Gasteiger partial charge in [-0.15, -0.1) is 0 Å². The summed E-state index contributed by atoms with van der Waals surface area (Å²) in [6, 6.07) is 3.48. The van der Waals surface area contributed by atoms with Gasteiger partial charge in [-0.05, 0) is 11.6 Å². The zero-order chi connectivity index (χ0) is 9.40. The summed E-state index contributed by atoms with van der Waals surface area (Å²) in [5.74, 6) is 0.567. The van der Waals surface area contributed by atoms with Crippen molar-refractivity contribution >= 4 is 0 Å². The van der Waals surface area contributed by atoms with E-state index in [9.17, 15) is 0 Å².